The molecule has 1 heterocycles. The van der Waals surface area contributed by atoms with Crippen molar-refractivity contribution >= 4 is 5.69 Å². The van der Waals surface area contributed by atoms with Crippen LogP contribution in [0.1, 0.15) is 0 Å². The fourth-order valence-corrected chi connectivity index (χ4v) is 0.689. The highest BCUT2D eigenvalue weighted by atomic mass is 16.6. The molecule has 0 aliphatic carbocycles. The zero-order valence-corrected chi connectivity index (χ0v) is 5.77. The maximum Gasteiger partial charge on any atom is 0.277 e. The van der Waals surface area contributed by atoms with Gasteiger partial charge < -0.3 is 20.9 Å². The summed E-state index contributed by atoms with van der Waals surface area (Å²) in [5, 5.41) is 24.8. The molecule has 0 fully saturated rings. The van der Waals surface area contributed by atoms with Gasteiger partial charge in [0.05, 0.1) is 7.11 Å². The van der Waals surface area contributed by atoms with E-state index in [-0.39, 0.29) is 21.3 Å². The van der Waals surface area contributed by atoms with Gasteiger partial charge in [0.25, 0.3) is 5.88 Å². The van der Waals surface area contributed by atoms with Gasteiger partial charge in [-0.3, -0.25) is 5.41 Å². The van der Waals surface area contributed by atoms with Gasteiger partial charge in [0.2, 0.25) is 5.49 Å². The summed E-state index contributed by atoms with van der Waals surface area (Å²) in [5.74, 6) is -0.169. The molecule has 1 aromatic rings. The number of ether oxygens (including phenoxy) is 1. The van der Waals surface area contributed by atoms with Crippen molar-refractivity contribution in [3.63, 3.8) is 0 Å². The number of nitrogens with two attached hydrogens (primary N) is 1. The van der Waals surface area contributed by atoms with Crippen LogP contribution >= 0.6 is 0 Å². The van der Waals surface area contributed by atoms with Gasteiger partial charge in [0.15, 0.2) is 0 Å². The van der Waals surface area contributed by atoms with Crippen LogP contribution in [-0.2, 0) is 0 Å². The average Bonchev–Trinajstić information content (AvgIpc) is 2.17. The Bertz CT molecular complexity index is 325. The van der Waals surface area contributed by atoms with Gasteiger partial charge in [-0.15, -0.1) is 0 Å². The van der Waals surface area contributed by atoms with E-state index < -0.39 is 5.49 Å². The SMILES string of the molecule is COc1c(N)c(=N)n(O)n1O. The highest BCUT2D eigenvalue weighted by Crippen LogP contribution is 2.13. The number of hydrogen-bond acceptors (Lipinski definition) is 5. The molecule has 0 aliphatic rings. The van der Waals surface area contributed by atoms with Crippen LogP contribution in [-0.4, -0.2) is 27.2 Å². The fourth-order valence-electron chi connectivity index (χ4n) is 0.689. The Labute approximate surface area is 61.2 Å². The predicted octanol–water partition coefficient (Wildman–Crippen LogP) is -1.17. The Kier molecular flexibility index (Phi) is 1.41. The van der Waals surface area contributed by atoms with Gasteiger partial charge in [0, 0.05) is 0 Å². The van der Waals surface area contributed by atoms with E-state index in [1.807, 2.05) is 0 Å². The lowest BCUT2D eigenvalue weighted by Crippen LogP contribution is -2.20. The van der Waals surface area contributed by atoms with Crippen molar-refractivity contribution in [1.82, 2.24) is 9.69 Å². The first-order valence-electron chi connectivity index (χ1n) is 2.70. The highest BCUT2D eigenvalue weighted by Gasteiger charge is 2.13. The van der Waals surface area contributed by atoms with Crippen molar-refractivity contribution in [2.45, 2.75) is 0 Å². The van der Waals surface area contributed by atoms with E-state index in [1.165, 1.54) is 7.11 Å². The van der Waals surface area contributed by atoms with Crippen molar-refractivity contribution in [3.05, 3.63) is 5.49 Å². The van der Waals surface area contributed by atoms with Crippen LogP contribution in [0.3, 0.4) is 0 Å². The van der Waals surface area contributed by atoms with Crippen molar-refractivity contribution in [2.24, 2.45) is 0 Å². The number of hydrogen-bond donors (Lipinski definition) is 4. The molecule has 0 atom stereocenters. The minimum Gasteiger partial charge on any atom is -0.477 e. The molecule has 0 spiro atoms. The molecule has 11 heavy (non-hydrogen) atoms. The number of rotatable bonds is 1. The first kappa shape index (κ1) is 7.32. The molecular weight excluding hydrogens is 152 g/mol. The third-order valence-corrected chi connectivity index (χ3v) is 1.24. The summed E-state index contributed by atoms with van der Waals surface area (Å²) in [5.41, 5.74) is 4.69. The second-order valence-corrected chi connectivity index (χ2v) is 1.85. The molecule has 62 valence electrons. The first-order chi connectivity index (χ1) is 5.09. The predicted molar refractivity (Wildman–Crippen MR) is 33.6 cm³/mol. The molecule has 0 bridgehead atoms. The summed E-state index contributed by atoms with van der Waals surface area (Å²) in [4.78, 5) is 0.395. The summed E-state index contributed by atoms with van der Waals surface area (Å²) in [7, 11) is 1.26. The van der Waals surface area contributed by atoms with Crippen LogP contribution in [0, 0.1) is 5.41 Å². The van der Waals surface area contributed by atoms with Gasteiger partial charge in [-0.1, -0.05) is 4.85 Å². The summed E-state index contributed by atoms with van der Waals surface area (Å²) >= 11 is 0. The van der Waals surface area contributed by atoms with Gasteiger partial charge >= 0.3 is 0 Å². The number of methoxy groups -OCH3 is 1. The van der Waals surface area contributed by atoms with Crippen molar-refractivity contribution in [3.8, 4) is 5.88 Å². The summed E-state index contributed by atoms with van der Waals surface area (Å²) in [6, 6.07) is 0. The molecule has 0 aromatic carbocycles. The second kappa shape index (κ2) is 2.11. The zero-order valence-electron chi connectivity index (χ0n) is 5.77. The molecular formula is C4H8N4O3. The number of nitrogens with one attached hydrogen (secondary N) is 1. The van der Waals surface area contributed by atoms with E-state index in [1.54, 1.807) is 0 Å². The molecule has 7 nitrogen and oxygen atoms in total. The van der Waals surface area contributed by atoms with Crippen LogP contribution in [0.25, 0.3) is 0 Å². The summed E-state index contributed by atoms with van der Waals surface area (Å²) in [6.07, 6.45) is 0. The smallest absolute Gasteiger partial charge is 0.277 e. The van der Waals surface area contributed by atoms with E-state index in [0.29, 0.717) is 0 Å². The number of anilines is 1. The summed E-state index contributed by atoms with van der Waals surface area (Å²) < 4.78 is 4.56. The average molecular weight is 160 g/mol. The van der Waals surface area contributed by atoms with Crippen LogP contribution in [0.5, 0.6) is 5.88 Å². The topological polar surface area (TPSA) is 109 Å². The molecule has 0 saturated carbocycles. The molecule has 7 heteroatoms. The van der Waals surface area contributed by atoms with Crippen molar-refractivity contribution < 1.29 is 15.2 Å². The van der Waals surface area contributed by atoms with Crippen molar-refractivity contribution in [1.29, 1.82) is 5.41 Å². The molecule has 0 amide bonds. The molecule has 1 aromatic heterocycles. The van der Waals surface area contributed by atoms with Crippen LogP contribution < -0.4 is 16.0 Å². The zero-order chi connectivity index (χ0) is 8.59. The lowest BCUT2D eigenvalue weighted by Gasteiger charge is -1.99. The molecule has 5 N–H and O–H groups in total. The minimum atomic E-state index is -0.427. The monoisotopic (exact) mass is 160 g/mol. The number of nitrogen functional groups attached to an aromatic ring is 1. The molecule has 1 rings (SSSR count). The molecule has 0 saturated heterocycles. The highest BCUT2D eigenvalue weighted by molar-refractivity contribution is 5.45. The van der Waals surface area contributed by atoms with Gasteiger partial charge in [0.1, 0.15) is 5.69 Å². The van der Waals surface area contributed by atoms with E-state index in [4.69, 9.17) is 21.6 Å². The molecule has 0 unspecified atom stereocenters. The van der Waals surface area contributed by atoms with Crippen molar-refractivity contribution in [2.75, 3.05) is 12.8 Å². The Morgan fingerprint density at radius 2 is 2.00 bits per heavy atom. The standard InChI is InChI=1S/C4H8N4O3/c1-11-4-2(5)3(6)7(9)8(4)10/h6,9-10H,5H2,1H3. The molecule has 0 aliphatic heterocycles. The Morgan fingerprint density at radius 3 is 2.18 bits per heavy atom. The maximum atomic E-state index is 8.90. The van der Waals surface area contributed by atoms with Crippen LogP contribution in [0.4, 0.5) is 5.69 Å². The Morgan fingerprint density at radius 1 is 1.45 bits per heavy atom. The van der Waals surface area contributed by atoms with Gasteiger partial charge in [-0.2, -0.15) is 0 Å². The van der Waals surface area contributed by atoms with E-state index >= 15 is 0 Å². The van der Waals surface area contributed by atoms with E-state index in [9.17, 15) is 0 Å². The summed E-state index contributed by atoms with van der Waals surface area (Å²) in [6.45, 7) is 0. The first-order valence-corrected chi connectivity index (χ1v) is 2.70. The van der Waals surface area contributed by atoms with Gasteiger partial charge in [-0.25, -0.2) is 0 Å². The minimum absolute atomic E-state index is 0.127. The van der Waals surface area contributed by atoms with Crippen LogP contribution in [0.2, 0.25) is 0 Å². The lowest BCUT2D eigenvalue weighted by molar-refractivity contribution is -0.0271. The third kappa shape index (κ3) is 0.775. The Hall–Kier alpha value is -1.79. The number of nitrogens with zero attached hydrogens (tertiary/aromatic N) is 2. The molecule has 0 radical (unpaired) electrons. The maximum absolute atomic E-state index is 8.90. The number of aromatic nitrogens is 2. The lowest BCUT2D eigenvalue weighted by atomic mass is 10.5. The third-order valence-electron chi connectivity index (χ3n) is 1.24. The quantitative estimate of drug-likeness (QED) is 0.388. The van der Waals surface area contributed by atoms with E-state index in [2.05, 4.69) is 4.74 Å². The van der Waals surface area contributed by atoms with Gasteiger partial charge in [-0.05, 0) is 4.85 Å². The van der Waals surface area contributed by atoms with E-state index in [0.717, 1.165) is 0 Å². The fraction of sp³-hybridized carbons (Fsp3) is 0.250. The largest absolute Gasteiger partial charge is 0.477 e. The normalized spacial score (nSPS) is 9.91. The van der Waals surface area contributed by atoms with Crippen LogP contribution in [0.15, 0.2) is 0 Å². The second-order valence-electron chi connectivity index (χ2n) is 1.85. The Balaban J connectivity index is 3.48.